The Morgan fingerprint density at radius 3 is 2.51 bits per heavy atom. The molecule has 35 heavy (non-hydrogen) atoms. The molecule has 1 aliphatic heterocycles. The number of piperazine rings is 1. The number of benzene rings is 3. The lowest BCUT2D eigenvalue weighted by Crippen LogP contribution is -2.49. The number of carbonyl (C=O) groups is 1. The van der Waals surface area contributed by atoms with Crippen molar-refractivity contribution in [2.45, 2.75) is 6.54 Å². The van der Waals surface area contributed by atoms with E-state index in [1.165, 1.54) is 5.56 Å². The van der Waals surface area contributed by atoms with Gasteiger partial charge in [0.1, 0.15) is 0 Å². The number of hydrogen-bond acceptors (Lipinski definition) is 4. The number of urea groups is 1. The highest BCUT2D eigenvalue weighted by atomic mass is 16.5. The van der Waals surface area contributed by atoms with Crippen molar-refractivity contribution in [3.8, 4) is 11.8 Å². The molecule has 7 heteroatoms. The van der Waals surface area contributed by atoms with Crippen molar-refractivity contribution in [3.05, 3.63) is 101 Å². The Morgan fingerprint density at radius 1 is 0.971 bits per heavy atom. The normalized spacial score (nSPS) is 13.6. The van der Waals surface area contributed by atoms with Gasteiger partial charge in [-0.25, -0.2) is 9.64 Å². The van der Waals surface area contributed by atoms with Gasteiger partial charge in [-0.05, 0) is 42.0 Å². The van der Waals surface area contributed by atoms with Gasteiger partial charge in [0, 0.05) is 43.9 Å². The van der Waals surface area contributed by atoms with E-state index in [0.29, 0.717) is 30.2 Å². The fourth-order valence-electron chi connectivity index (χ4n) is 4.07. The monoisotopic (exact) mass is 461 g/mol. The average molecular weight is 462 g/mol. The summed E-state index contributed by atoms with van der Waals surface area (Å²) < 4.78 is 5.27. The quantitative estimate of drug-likeness (QED) is 0.339. The van der Waals surface area contributed by atoms with Gasteiger partial charge in [0.25, 0.3) is 0 Å². The second kappa shape index (κ2) is 10.1. The van der Waals surface area contributed by atoms with Crippen LogP contribution in [0, 0.1) is 18.4 Å². The fraction of sp³-hybridized carbons (Fsp3) is 0.179. The molecule has 0 atom stereocenters. The number of hydrogen-bond donors (Lipinski definition) is 1. The van der Waals surface area contributed by atoms with Gasteiger partial charge in [-0.15, -0.1) is 0 Å². The highest BCUT2D eigenvalue weighted by Gasteiger charge is 2.22. The molecule has 0 unspecified atom stereocenters. The SMILES string of the molecule is [C-]#[N+]c1cccc(C#Cc2cccc(CN3CCN(C(=O)Nc4noc5ccccc45)CC3)c2)c1. The Kier molecular flexibility index (Phi) is 6.43. The van der Waals surface area contributed by atoms with Crippen LogP contribution >= 0.6 is 0 Å². The molecule has 172 valence electrons. The molecule has 7 nitrogen and oxygen atoms in total. The third-order valence-corrected chi connectivity index (χ3v) is 5.92. The van der Waals surface area contributed by atoms with Crippen molar-refractivity contribution in [1.29, 1.82) is 0 Å². The molecule has 1 N–H and O–H groups in total. The first kappa shape index (κ1) is 22.2. The molecular formula is C28H23N5O2. The van der Waals surface area contributed by atoms with E-state index in [1.807, 2.05) is 48.5 Å². The van der Waals surface area contributed by atoms with E-state index in [2.05, 4.69) is 44.2 Å². The first-order valence-corrected chi connectivity index (χ1v) is 11.4. The van der Waals surface area contributed by atoms with Gasteiger partial charge in [-0.1, -0.05) is 53.4 Å². The molecule has 1 aliphatic rings. The van der Waals surface area contributed by atoms with Gasteiger partial charge in [0.2, 0.25) is 0 Å². The van der Waals surface area contributed by atoms with Gasteiger partial charge in [-0.2, -0.15) is 0 Å². The van der Waals surface area contributed by atoms with E-state index < -0.39 is 0 Å². The predicted octanol–water partition coefficient (Wildman–Crippen LogP) is 5.13. The highest BCUT2D eigenvalue weighted by Crippen LogP contribution is 2.22. The van der Waals surface area contributed by atoms with Gasteiger partial charge in [0.15, 0.2) is 17.1 Å². The van der Waals surface area contributed by atoms with Crippen molar-refractivity contribution in [2.24, 2.45) is 0 Å². The second-order valence-electron chi connectivity index (χ2n) is 8.33. The van der Waals surface area contributed by atoms with Crippen LogP contribution in [-0.4, -0.2) is 47.2 Å². The maximum absolute atomic E-state index is 12.7. The Morgan fingerprint density at radius 2 is 1.71 bits per heavy atom. The summed E-state index contributed by atoms with van der Waals surface area (Å²) in [4.78, 5) is 20.3. The molecule has 1 fully saturated rings. The Balaban J connectivity index is 1.16. The molecule has 1 aromatic heterocycles. The van der Waals surface area contributed by atoms with Gasteiger partial charge >= 0.3 is 6.03 Å². The molecule has 0 saturated carbocycles. The lowest BCUT2D eigenvalue weighted by Gasteiger charge is -2.34. The van der Waals surface area contributed by atoms with Crippen molar-refractivity contribution >= 4 is 28.5 Å². The van der Waals surface area contributed by atoms with Crippen LogP contribution in [0.5, 0.6) is 0 Å². The van der Waals surface area contributed by atoms with E-state index in [0.717, 1.165) is 36.1 Å². The molecule has 0 bridgehead atoms. The number of anilines is 1. The number of aromatic nitrogens is 1. The van der Waals surface area contributed by atoms with Crippen LogP contribution < -0.4 is 5.32 Å². The number of rotatable bonds is 3. The molecule has 0 radical (unpaired) electrons. The maximum atomic E-state index is 12.7. The molecular weight excluding hydrogens is 438 g/mol. The molecule has 2 heterocycles. The van der Waals surface area contributed by atoms with E-state index in [1.54, 1.807) is 17.0 Å². The lowest BCUT2D eigenvalue weighted by molar-refractivity contribution is 0.143. The number of fused-ring (bicyclic) bond motifs is 1. The van der Waals surface area contributed by atoms with E-state index in [-0.39, 0.29) is 6.03 Å². The van der Waals surface area contributed by atoms with Crippen molar-refractivity contribution in [3.63, 3.8) is 0 Å². The molecule has 1 saturated heterocycles. The Bertz CT molecular complexity index is 1470. The Labute approximate surface area is 203 Å². The number of amides is 2. The second-order valence-corrected chi connectivity index (χ2v) is 8.33. The predicted molar refractivity (Wildman–Crippen MR) is 135 cm³/mol. The summed E-state index contributed by atoms with van der Waals surface area (Å²) in [5.41, 5.74) is 4.19. The molecule has 0 spiro atoms. The van der Waals surface area contributed by atoms with Crippen LogP contribution in [-0.2, 0) is 6.54 Å². The van der Waals surface area contributed by atoms with Gasteiger partial charge < -0.3 is 9.42 Å². The minimum absolute atomic E-state index is 0.164. The van der Waals surface area contributed by atoms with E-state index in [4.69, 9.17) is 11.1 Å². The zero-order valence-electron chi connectivity index (χ0n) is 19.1. The van der Waals surface area contributed by atoms with Crippen LogP contribution in [0.4, 0.5) is 16.3 Å². The minimum atomic E-state index is -0.164. The zero-order chi connectivity index (χ0) is 24.0. The minimum Gasteiger partial charge on any atom is -0.354 e. The van der Waals surface area contributed by atoms with Crippen molar-refractivity contribution in [1.82, 2.24) is 15.0 Å². The van der Waals surface area contributed by atoms with Crippen LogP contribution in [0.2, 0.25) is 0 Å². The lowest BCUT2D eigenvalue weighted by atomic mass is 10.1. The summed E-state index contributed by atoms with van der Waals surface area (Å²) >= 11 is 0. The largest absolute Gasteiger partial charge is 0.354 e. The van der Waals surface area contributed by atoms with Crippen LogP contribution in [0.3, 0.4) is 0 Å². The topological polar surface area (TPSA) is 66.0 Å². The van der Waals surface area contributed by atoms with Crippen LogP contribution in [0.15, 0.2) is 77.3 Å². The maximum Gasteiger partial charge on any atom is 0.323 e. The van der Waals surface area contributed by atoms with Crippen LogP contribution in [0.1, 0.15) is 16.7 Å². The molecule has 3 aromatic carbocycles. The van der Waals surface area contributed by atoms with E-state index in [9.17, 15) is 4.79 Å². The molecule has 0 aliphatic carbocycles. The van der Waals surface area contributed by atoms with Gasteiger partial charge in [0.05, 0.1) is 12.0 Å². The standard InChI is InChI=1S/C28H23N5O2/c1-29-24-9-5-7-22(19-24)13-12-21-6-4-8-23(18-21)20-32-14-16-33(17-15-32)28(34)30-27-25-10-2-3-11-26(25)35-31-27/h2-11,18-19H,14-17,20H2,(H,30,31,34). The third kappa shape index (κ3) is 5.33. The summed E-state index contributed by atoms with van der Waals surface area (Å²) in [6, 6.07) is 22.8. The fourth-order valence-corrected chi connectivity index (χ4v) is 4.07. The van der Waals surface area contributed by atoms with Crippen molar-refractivity contribution in [2.75, 3.05) is 31.5 Å². The summed E-state index contributed by atoms with van der Waals surface area (Å²) in [5, 5.41) is 7.65. The van der Waals surface area contributed by atoms with Crippen LogP contribution in [0.25, 0.3) is 15.8 Å². The number of nitrogens with one attached hydrogen (secondary N) is 1. The highest BCUT2D eigenvalue weighted by molar-refractivity contribution is 5.98. The summed E-state index contributed by atoms with van der Waals surface area (Å²) in [6.45, 7) is 10.8. The third-order valence-electron chi connectivity index (χ3n) is 5.92. The zero-order valence-corrected chi connectivity index (χ0v) is 19.1. The Hall–Kier alpha value is -4.59. The number of nitrogens with zero attached hydrogens (tertiary/aromatic N) is 4. The van der Waals surface area contributed by atoms with Gasteiger partial charge in [-0.3, -0.25) is 10.2 Å². The summed E-state index contributed by atoms with van der Waals surface area (Å²) in [6.07, 6.45) is 0. The molecule has 4 aromatic rings. The van der Waals surface area contributed by atoms with E-state index >= 15 is 0 Å². The number of para-hydroxylation sites is 1. The van der Waals surface area contributed by atoms with Crippen molar-refractivity contribution < 1.29 is 9.32 Å². The average Bonchev–Trinajstić information content (AvgIpc) is 3.31. The first-order valence-electron chi connectivity index (χ1n) is 11.4. The number of carbonyl (C=O) groups excluding carboxylic acids is 1. The smallest absolute Gasteiger partial charge is 0.323 e. The first-order chi connectivity index (χ1) is 17.2. The summed E-state index contributed by atoms with van der Waals surface area (Å²) in [5.74, 6) is 6.79. The molecule has 5 rings (SSSR count). The molecule has 2 amide bonds. The summed E-state index contributed by atoms with van der Waals surface area (Å²) in [7, 11) is 0.